The first-order valence-electron chi connectivity index (χ1n) is 6.03. The average Bonchev–Trinajstić information content (AvgIpc) is 2.91. The fraction of sp³-hybridized carbons (Fsp3) is 0.273. The average molecular weight is 373 g/mol. The van der Waals surface area contributed by atoms with Crippen molar-refractivity contribution in [3.63, 3.8) is 0 Å². The summed E-state index contributed by atoms with van der Waals surface area (Å²) in [4.78, 5) is 18.8. The Kier molecular flexibility index (Phi) is 5.12. The zero-order valence-electron chi connectivity index (χ0n) is 11.5. The molecule has 22 heavy (non-hydrogen) atoms. The van der Waals surface area contributed by atoms with Gasteiger partial charge in [-0.3, -0.25) is 0 Å². The third kappa shape index (κ3) is 3.83. The van der Waals surface area contributed by atoms with Gasteiger partial charge in [-0.05, 0) is 15.9 Å². The van der Waals surface area contributed by atoms with Gasteiger partial charge in [0.1, 0.15) is 16.1 Å². The van der Waals surface area contributed by atoms with Crippen LogP contribution in [-0.2, 0) is 4.74 Å². The lowest BCUT2D eigenvalue weighted by atomic mass is 10.5. The minimum Gasteiger partial charge on any atom is -0.449 e. The Hall–Kier alpha value is -2.40. The summed E-state index contributed by atoms with van der Waals surface area (Å²) in [7, 11) is 1.59. The van der Waals surface area contributed by atoms with E-state index in [-0.39, 0.29) is 17.5 Å². The van der Waals surface area contributed by atoms with Crippen LogP contribution in [0.5, 0.6) is 5.75 Å². The van der Waals surface area contributed by atoms with E-state index in [1.165, 1.54) is 17.1 Å². The SMILES string of the molecule is COCCNc1nc(-n2cc(OC(=O)O)cn2)nc(N)c1Br. The van der Waals surface area contributed by atoms with Crippen LogP contribution in [0.2, 0.25) is 0 Å². The molecule has 0 saturated heterocycles. The molecule has 0 unspecified atom stereocenters. The first kappa shape index (κ1) is 16.0. The monoisotopic (exact) mass is 372 g/mol. The number of anilines is 2. The molecule has 2 aromatic rings. The summed E-state index contributed by atoms with van der Waals surface area (Å²) < 4.78 is 11.2. The van der Waals surface area contributed by atoms with E-state index >= 15 is 0 Å². The summed E-state index contributed by atoms with van der Waals surface area (Å²) in [5, 5.41) is 15.5. The van der Waals surface area contributed by atoms with Gasteiger partial charge in [0, 0.05) is 13.7 Å². The molecule has 0 aliphatic heterocycles. The molecule has 118 valence electrons. The van der Waals surface area contributed by atoms with Crippen LogP contribution >= 0.6 is 15.9 Å². The molecule has 0 aliphatic carbocycles. The molecule has 2 aromatic heterocycles. The maximum atomic E-state index is 10.5. The minimum atomic E-state index is -1.43. The largest absolute Gasteiger partial charge is 0.511 e. The topological polar surface area (TPSA) is 137 Å². The number of ether oxygens (including phenoxy) is 2. The number of halogens is 1. The Bertz CT molecular complexity index is 677. The van der Waals surface area contributed by atoms with Gasteiger partial charge in [-0.25, -0.2) is 9.48 Å². The number of nitrogens with zero attached hydrogens (tertiary/aromatic N) is 4. The molecule has 11 heteroatoms. The van der Waals surface area contributed by atoms with E-state index in [4.69, 9.17) is 15.6 Å². The zero-order chi connectivity index (χ0) is 16.1. The molecule has 2 heterocycles. The molecular formula is C11H13BrN6O4. The number of carboxylic acid groups (broad SMARTS) is 1. The molecule has 0 atom stereocenters. The van der Waals surface area contributed by atoms with E-state index < -0.39 is 6.16 Å². The summed E-state index contributed by atoms with van der Waals surface area (Å²) in [5.74, 6) is 0.893. The van der Waals surface area contributed by atoms with E-state index in [9.17, 15) is 4.79 Å². The van der Waals surface area contributed by atoms with Gasteiger partial charge in [-0.2, -0.15) is 15.1 Å². The predicted octanol–water partition coefficient (Wildman–Crippen LogP) is 1.12. The third-order valence-corrected chi connectivity index (χ3v) is 3.21. The summed E-state index contributed by atoms with van der Waals surface area (Å²) in [6.45, 7) is 1.02. The Morgan fingerprint density at radius 2 is 2.32 bits per heavy atom. The number of rotatable bonds is 6. The first-order chi connectivity index (χ1) is 10.5. The number of nitrogen functional groups attached to an aromatic ring is 1. The second-order valence-corrected chi connectivity index (χ2v) is 4.77. The van der Waals surface area contributed by atoms with Crippen molar-refractivity contribution in [2.24, 2.45) is 0 Å². The van der Waals surface area contributed by atoms with Crippen LogP contribution in [0.25, 0.3) is 5.95 Å². The number of nitrogens with two attached hydrogens (primary N) is 1. The summed E-state index contributed by atoms with van der Waals surface area (Å²) in [5.41, 5.74) is 5.81. The molecule has 10 nitrogen and oxygen atoms in total. The maximum Gasteiger partial charge on any atom is 0.511 e. The lowest BCUT2D eigenvalue weighted by Gasteiger charge is -2.10. The van der Waals surface area contributed by atoms with Gasteiger partial charge in [0.2, 0.25) is 0 Å². The molecule has 0 aromatic carbocycles. The van der Waals surface area contributed by atoms with Crippen molar-refractivity contribution >= 4 is 33.7 Å². The second-order valence-electron chi connectivity index (χ2n) is 3.98. The zero-order valence-corrected chi connectivity index (χ0v) is 13.1. The smallest absolute Gasteiger partial charge is 0.449 e. The van der Waals surface area contributed by atoms with Crippen molar-refractivity contribution in [1.82, 2.24) is 19.7 Å². The lowest BCUT2D eigenvalue weighted by molar-refractivity contribution is 0.144. The highest BCUT2D eigenvalue weighted by Gasteiger charge is 2.13. The van der Waals surface area contributed by atoms with Gasteiger partial charge >= 0.3 is 6.16 Å². The highest BCUT2D eigenvalue weighted by molar-refractivity contribution is 9.10. The molecule has 2 rings (SSSR count). The van der Waals surface area contributed by atoms with Crippen molar-refractivity contribution in [2.45, 2.75) is 0 Å². The lowest BCUT2D eigenvalue weighted by Crippen LogP contribution is -2.13. The third-order valence-electron chi connectivity index (χ3n) is 2.43. The summed E-state index contributed by atoms with van der Waals surface area (Å²) in [6, 6.07) is 0. The van der Waals surface area contributed by atoms with Crippen LogP contribution in [0.1, 0.15) is 0 Å². The molecular weight excluding hydrogens is 360 g/mol. The summed E-state index contributed by atoms with van der Waals surface area (Å²) >= 11 is 3.29. The van der Waals surface area contributed by atoms with Crippen LogP contribution in [-0.4, -0.2) is 51.3 Å². The standard InChI is InChI=1S/C11H13BrN6O4/c1-21-3-2-14-9-7(12)8(13)16-10(17-9)18-5-6(4-15-18)22-11(19)20/h4-5H,2-3H2,1H3,(H,19,20)(H3,13,14,16,17). The normalized spacial score (nSPS) is 10.5. The van der Waals surface area contributed by atoms with Gasteiger partial charge in [-0.15, -0.1) is 0 Å². The van der Waals surface area contributed by atoms with E-state index in [0.717, 1.165) is 0 Å². The number of hydrogen-bond donors (Lipinski definition) is 3. The van der Waals surface area contributed by atoms with Crippen molar-refractivity contribution in [1.29, 1.82) is 0 Å². The number of aromatic nitrogens is 4. The molecule has 0 saturated carbocycles. The van der Waals surface area contributed by atoms with Crippen LogP contribution in [0.4, 0.5) is 16.4 Å². The highest BCUT2D eigenvalue weighted by Crippen LogP contribution is 2.26. The molecule has 4 N–H and O–H groups in total. The van der Waals surface area contributed by atoms with Crippen molar-refractivity contribution in [3.8, 4) is 11.7 Å². The van der Waals surface area contributed by atoms with Gasteiger partial charge in [-0.1, -0.05) is 0 Å². The van der Waals surface area contributed by atoms with Crippen LogP contribution < -0.4 is 15.8 Å². The Balaban J connectivity index is 2.26. The number of nitrogens with one attached hydrogen (secondary N) is 1. The van der Waals surface area contributed by atoms with Gasteiger partial charge in [0.25, 0.3) is 5.95 Å². The minimum absolute atomic E-state index is 0.0477. The molecule has 0 bridgehead atoms. The molecule has 0 fully saturated rings. The van der Waals surface area contributed by atoms with Crippen molar-refractivity contribution in [2.75, 3.05) is 31.3 Å². The Morgan fingerprint density at radius 1 is 1.55 bits per heavy atom. The fourth-order valence-electron chi connectivity index (χ4n) is 1.51. The van der Waals surface area contributed by atoms with Crippen molar-refractivity contribution in [3.05, 3.63) is 16.9 Å². The number of methoxy groups -OCH3 is 1. The van der Waals surface area contributed by atoms with E-state index in [1.807, 2.05) is 0 Å². The fourth-order valence-corrected chi connectivity index (χ4v) is 1.83. The van der Waals surface area contributed by atoms with Gasteiger partial charge in [0.05, 0.1) is 19.0 Å². The molecule has 0 aliphatic rings. The van der Waals surface area contributed by atoms with E-state index in [2.05, 4.69) is 41.1 Å². The first-order valence-corrected chi connectivity index (χ1v) is 6.82. The van der Waals surface area contributed by atoms with E-state index in [0.29, 0.717) is 23.4 Å². The number of hydrogen-bond acceptors (Lipinski definition) is 8. The van der Waals surface area contributed by atoms with Crippen LogP contribution in [0.3, 0.4) is 0 Å². The highest BCUT2D eigenvalue weighted by atomic mass is 79.9. The van der Waals surface area contributed by atoms with Gasteiger partial charge in [0.15, 0.2) is 5.75 Å². The van der Waals surface area contributed by atoms with Crippen LogP contribution in [0, 0.1) is 0 Å². The molecule has 0 radical (unpaired) electrons. The summed E-state index contributed by atoms with van der Waals surface area (Å²) in [6.07, 6.45) is 1.13. The second kappa shape index (κ2) is 7.04. The quantitative estimate of drug-likeness (QED) is 0.502. The van der Waals surface area contributed by atoms with Crippen molar-refractivity contribution < 1.29 is 19.4 Å². The van der Waals surface area contributed by atoms with E-state index in [1.54, 1.807) is 7.11 Å². The van der Waals surface area contributed by atoms with Gasteiger partial charge < -0.3 is 25.6 Å². The molecule has 0 spiro atoms. The molecule has 0 amide bonds. The maximum absolute atomic E-state index is 10.5. The van der Waals surface area contributed by atoms with Crippen LogP contribution in [0.15, 0.2) is 16.9 Å². The number of carbonyl (C=O) groups is 1. The Morgan fingerprint density at radius 3 is 3.00 bits per heavy atom. The Labute approximate surface area is 133 Å². The predicted molar refractivity (Wildman–Crippen MR) is 80.3 cm³/mol.